The van der Waals surface area contributed by atoms with Gasteiger partial charge in [0.15, 0.2) is 5.96 Å². The maximum atomic E-state index is 10.1. The highest BCUT2D eigenvalue weighted by Gasteiger charge is 2.34. The van der Waals surface area contributed by atoms with Crippen LogP contribution in [-0.4, -0.2) is 39.5 Å². The largest absolute Gasteiger partial charge is 0.388 e. The van der Waals surface area contributed by atoms with E-state index >= 15 is 0 Å². The van der Waals surface area contributed by atoms with Gasteiger partial charge in [0, 0.05) is 31.4 Å². The van der Waals surface area contributed by atoms with Crippen molar-refractivity contribution in [3.63, 3.8) is 0 Å². The number of guanidine groups is 1. The molecule has 0 saturated heterocycles. The maximum Gasteiger partial charge on any atom is 0.191 e. The summed E-state index contributed by atoms with van der Waals surface area (Å²) in [6, 6.07) is 0. The van der Waals surface area contributed by atoms with E-state index in [0.717, 1.165) is 48.7 Å². The summed E-state index contributed by atoms with van der Waals surface area (Å²) in [7, 11) is 1.95. The summed E-state index contributed by atoms with van der Waals surface area (Å²) in [6.45, 7) is 8.06. The van der Waals surface area contributed by atoms with Gasteiger partial charge in [-0.25, -0.2) is 4.99 Å². The van der Waals surface area contributed by atoms with Gasteiger partial charge in [-0.1, -0.05) is 0 Å². The molecule has 21 heavy (non-hydrogen) atoms. The lowest BCUT2D eigenvalue weighted by Gasteiger charge is -2.37. The van der Waals surface area contributed by atoms with Crippen LogP contribution in [0.4, 0.5) is 0 Å². The summed E-state index contributed by atoms with van der Waals surface area (Å²) in [5.74, 6) is 0.750. The molecule has 0 unspecified atom stereocenters. The Morgan fingerprint density at radius 2 is 2.10 bits per heavy atom. The lowest BCUT2D eigenvalue weighted by Crippen LogP contribution is -2.50. The monoisotopic (exact) mass is 293 g/mol. The zero-order valence-electron chi connectivity index (χ0n) is 13.5. The standard InChI is InChI=1S/C15H27N5O/c1-5-16-14(18-10-15(21)7-6-8-15)17-9-13-11(2)19-20(4)12(13)3/h21H,5-10H2,1-4H3,(H2,16,17,18). The minimum absolute atomic E-state index is 0.545. The van der Waals surface area contributed by atoms with Gasteiger partial charge >= 0.3 is 0 Å². The van der Waals surface area contributed by atoms with Gasteiger partial charge in [-0.15, -0.1) is 0 Å². The predicted octanol–water partition coefficient (Wildman–Crippen LogP) is 1.01. The van der Waals surface area contributed by atoms with E-state index in [9.17, 15) is 5.11 Å². The molecule has 1 saturated carbocycles. The third-order valence-corrected chi connectivity index (χ3v) is 4.27. The van der Waals surface area contributed by atoms with Crippen molar-refractivity contribution >= 4 is 5.96 Å². The topological polar surface area (TPSA) is 74.5 Å². The molecule has 6 heteroatoms. The second kappa shape index (κ2) is 6.47. The van der Waals surface area contributed by atoms with E-state index in [1.54, 1.807) is 0 Å². The minimum Gasteiger partial charge on any atom is -0.388 e. The van der Waals surface area contributed by atoms with E-state index in [1.807, 2.05) is 25.6 Å². The molecule has 0 atom stereocenters. The molecule has 1 aromatic rings. The Balaban J connectivity index is 1.99. The van der Waals surface area contributed by atoms with Gasteiger partial charge in [0.25, 0.3) is 0 Å². The van der Waals surface area contributed by atoms with E-state index < -0.39 is 5.60 Å². The number of hydrogen-bond donors (Lipinski definition) is 3. The number of nitrogens with zero attached hydrogens (tertiary/aromatic N) is 3. The molecule has 1 aliphatic rings. The van der Waals surface area contributed by atoms with Crippen LogP contribution in [0.2, 0.25) is 0 Å². The minimum atomic E-state index is -0.545. The van der Waals surface area contributed by atoms with E-state index in [2.05, 4.69) is 27.6 Å². The molecule has 2 rings (SSSR count). The number of aryl methyl sites for hydroxylation is 2. The number of rotatable bonds is 5. The molecule has 1 aromatic heterocycles. The molecular formula is C15H27N5O. The lowest BCUT2D eigenvalue weighted by molar-refractivity contribution is -0.0279. The Kier molecular flexibility index (Phi) is 4.88. The molecule has 3 N–H and O–H groups in total. The highest BCUT2D eigenvalue weighted by Crippen LogP contribution is 2.30. The van der Waals surface area contributed by atoms with Crippen molar-refractivity contribution in [1.29, 1.82) is 0 Å². The second-order valence-corrected chi connectivity index (χ2v) is 5.90. The molecule has 0 aromatic carbocycles. The summed E-state index contributed by atoms with van der Waals surface area (Å²) in [4.78, 5) is 4.61. The first-order chi connectivity index (χ1) is 9.95. The summed E-state index contributed by atoms with van der Waals surface area (Å²) in [5, 5.41) is 21.0. The van der Waals surface area contributed by atoms with E-state index in [1.165, 1.54) is 0 Å². The molecule has 1 fully saturated rings. The van der Waals surface area contributed by atoms with Crippen molar-refractivity contribution < 1.29 is 5.11 Å². The van der Waals surface area contributed by atoms with E-state index in [4.69, 9.17) is 0 Å². The molecule has 1 aliphatic carbocycles. The van der Waals surface area contributed by atoms with Gasteiger partial charge in [0.05, 0.1) is 17.8 Å². The van der Waals surface area contributed by atoms with Crippen LogP contribution in [0.5, 0.6) is 0 Å². The molecule has 0 radical (unpaired) electrons. The SMILES string of the molecule is CCNC(=NCc1c(C)nn(C)c1C)NCC1(O)CCC1. The van der Waals surface area contributed by atoms with Crippen LogP contribution in [0.1, 0.15) is 43.1 Å². The number of nitrogens with one attached hydrogen (secondary N) is 2. The summed E-state index contributed by atoms with van der Waals surface area (Å²) in [6.07, 6.45) is 2.86. The Labute approximate surface area is 126 Å². The normalized spacial score (nSPS) is 17.5. The third-order valence-electron chi connectivity index (χ3n) is 4.27. The lowest BCUT2D eigenvalue weighted by atomic mass is 9.80. The van der Waals surface area contributed by atoms with Crippen LogP contribution in [0, 0.1) is 13.8 Å². The van der Waals surface area contributed by atoms with Gasteiger partial charge in [-0.2, -0.15) is 5.10 Å². The van der Waals surface area contributed by atoms with Crippen LogP contribution in [-0.2, 0) is 13.6 Å². The van der Waals surface area contributed by atoms with Gasteiger partial charge in [-0.05, 0) is 40.0 Å². The summed E-state index contributed by atoms with van der Waals surface area (Å²) >= 11 is 0. The van der Waals surface area contributed by atoms with Crippen molar-refractivity contribution in [2.45, 2.75) is 52.2 Å². The molecule has 118 valence electrons. The Morgan fingerprint density at radius 1 is 1.38 bits per heavy atom. The number of aromatic nitrogens is 2. The van der Waals surface area contributed by atoms with Crippen LogP contribution in [0.25, 0.3) is 0 Å². The van der Waals surface area contributed by atoms with Crippen LogP contribution < -0.4 is 10.6 Å². The van der Waals surface area contributed by atoms with Gasteiger partial charge < -0.3 is 15.7 Å². The third kappa shape index (κ3) is 3.75. The maximum absolute atomic E-state index is 10.1. The Hall–Kier alpha value is -1.56. The smallest absolute Gasteiger partial charge is 0.191 e. The fourth-order valence-corrected chi connectivity index (χ4v) is 2.56. The van der Waals surface area contributed by atoms with Crippen LogP contribution >= 0.6 is 0 Å². The second-order valence-electron chi connectivity index (χ2n) is 5.90. The average Bonchev–Trinajstić information content (AvgIpc) is 2.65. The number of aliphatic hydroxyl groups is 1. The highest BCUT2D eigenvalue weighted by molar-refractivity contribution is 5.79. The first-order valence-electron chi connectivity index (χ1n) is 7.69. The van der Waals surface area contributed by atoms with Gasteiger partial charge in [-0.3, -0.25) is 4.68 Å². The van der Waals surface area contributed by atoms with Crippen molar-refractivity contribution in [3.8, 4) is 0 Å². The molecular weight excluding hydrogens is 266 g/mol. The van der Waals surface area contributed by atoms with Crippen molar-refractivity contribution in [3.05, 3.63) is 17.0 Å². The molecule has 0 spiro atoms. The molecule has 0 amide bonds. The van der Waals surface area contributed by atoms with Crippen molar-refractivity contribution in [2.24, 2.45) is 12.0 Å². The fourth-order valence-electron chi connectivity index (χ4n) is 2.56. The van der Waals surface area contributed by atoms with Crippen LogP contribution in [0.15, 0.2) is 4.99 Å². The molecule has 1 heterocycles. The number of aliphatic imine (C=N–C) groups is 1. The number of hydrogen-bond acceptors (Lipinski definition) is 3. The highest BCUT2D eigenvalue weighted by atomic mass is 16.3. The fraction of sp³-hybridized carbons (Fsp3) is 0.733. The first-order valence-corrected chi connectivity index (χ1v) is 7.69. The van der Waals surface area contributed by atoms with Gasteiger partial charge in [0.1, 0.15) is 0 Å². The Bertz CT molecular complexity index is 516. The quantitative estimate of drug-likeness (QED) is 0.559. The van der Waals surface area contributed by atoms with Crippen molar-refractivity contribution in [1.82, 2.24) is 20.4 Å². The van der Waals surface area contributed by atoms with E-state index in [-0.39, 0.29) is 0 Å². The predicted molar refractivity (Wildman–Crippen MR) is 84.3 cm³/mol. The zero-order valence-corrected chi connectivity index (χ0v) is 13.5. The van der Waals surface area contributed by atoms with Crippen LogP contribution in [0.3, 0.4) is 0 Å². The molecule has 0 aliphatic heterocycles. The van der Waals surface area contributed by atoms with E-state index in [0.29, 0.717) is 13.1 Å². The molecule has 0 bridgehead atoms. The first kappa shape index (κ1) is 15.8. The molecule has 6 nitrogen and oxygen atoms in total. The zero-order chi connectivity index (χ0) is 15.5. The Morgan fingerprint density at radius 3 is 2.57 bits per heavy atom. The summed E-state index contributed by atoms with van der Waals surface area (Å²) < 4.78 is 1.89. The summed E-state index contributed by atoms with van der Waals surface area (Å²) in [5.41, 5.74) is 2.78. The van der Waals surface area contributed by atoms with Crippen molar-refractivity contribution in [2.75, 3.05) is 13.1 Å². The van der Waals surface area contributed by atoms with Gasteiger partial charge in [0.2, 0.25) is 0 Å². The average molecular weight is 293 g/mol.